The van der Waals surface area contributed by atoms with Crippen molar-refractivity contribution in [2.45, 2.75) is 19.0 Å². The first-order valence-corrected chi connectivity index (χ1v) is 13.5. The number of halogens is 2. The maximum Gasteiger partial charge on any atom is 0.219 e. The number of rotatable bonds is 4. The van der Waals surface area contributed by atoms with Crippen molar-refractivity contribution in [2.75, 3.05) is 26.2 Å². The minimum Gasteiger partial charge on any atom is -0.360 e. The van der Waals surface area contributed by atoms with Gasteiger partial charge in [0, 0.05) is 102 Å². The zero-order valence-corrected chi connectivity index (χ0v) is 22.3. The maximum atomic E-state index is 13.2. The van der Waals surface area contributed by atoms with E-state index in [4.69, 9.17) is 0 Å². The smallest absolute Gasteiger partial charge is 0.219 e. The molecular weight excluding hydrogens is 526 g/mol. The standard InChI is InChI=1S/C16H15FN4O.C14H13FN4/c1-10(22)20-8-13(9-20)21-7-11(5-19-21)15-6-18-16-4-12(17)2-3-14(15)16;15-10-1-2-12-13(7-17-14(12)3-10)9-4-18-19(8-9)11-5-16-6-11/h2-7,13,18H,8-9H2,1H3;1-4,7-8,11,16-17H,5-6H2. The van der Waals surface area contributed by atoms with E-state index in [1.54, 1.807) is 24.0 Å². The highest BCUT2D eigenvalue weighted by molar-refractivity contribution is 5.96. The van der Waals surface area contributed by atoms with Gasteiger partial charge in [-0.25, -0.2) is 8.78 Å². The molecule has 1 amide bonds. The molecule has 2 aromatic carbocycles. The zero-order valence-electron chi connectivity index (χ0n) is 22.3. The molecule has 8 rings (SSSR count). The van der Waals surface area contributed by atoms with E-state index in [0.717, 1.165) is 57.1 Å². The Morgan fingerprint density at radius 3 is 1.78 bits per heavy atom. The summed E-state index contributed by atoms with van der Waals surface area (Å²) in [4.78, 5) is 19.2. The lowest BCUT2D eigenvalue weighted by Gasteiger charge is -2.38. The van der Waals surface area contributed by atoms with Crippen LogP contribution in [0.5, 0.6) is 0 Å². The molecule has 6 heterocycles. The molecule has 0 spiro atoms. The van der Waals surface area contributed by atoms with Gasteiger partial charge in [-0.05, 0) is 36.4 Å². The zero-order chi connectivity index (χ0) is 28.1. The number of hydrogen-bond donors (Lipinski definition) is 3. The van der Waals surface area contributed by atoms with Gasteiger partial charge in [0.15, 0.2) is 0 Å². The summed E-state index contributed by atoms with van der Waals surface area (Å²) in [6.07, 6.45) is 11.5. The Bertz CT molecular complexity index is 1870. The lowest BCUT2D eigenvalue weighted by atomic mass is 10.1. The van der Waals surface area contributed by atoms with Gasteiger partial charge in [0.05, 0.1) is 24.5 Å². The number of amides is 1. The van der Waals surface area contributed by atoms with Crippen LogP contribution in [0, 0.1) is 11.6 Å². The van der Waals surface area contributed by atoms with Gasteiger partial charge in [0.1, 0.15) is 11.6 Å². The number of likely N-dealkylation sites (tertiary alicyclic amines) is 1. The van der Waals surface area contributed by atoms with Gasteiger partial charge in [-0.1, -0.05) is 0 Å². The van der Waals surface area contributed by atoms with Crippen LogP contribution < -0.4 is 5.32 Å². The van der Waals surface area contributed by atoms with E-state index in [2.05, 4.69) is 31.7 Å². The molecule has 9 nitrogen and oxygen atoms in total. The van der Waals surface area contributed by atoms with Crippen LogP contribution in [0.1, 0.15) is 19.0 Å². The van der Waals surface area contributed by atoms with Gasteiger partial charge in [-0.15, -0.1) is 0 Å². The molecule has 0 radical (unpaired) electrons. The summed E-state index contributed by atoms with van der Waals surface area (Å²) in [5.74, 6) is -0.380. The van der Waals surface area contributed by atoms with Crippen LogP contribution in [0.2, 0.25) is 0 Å². The van der Waals surface area contributed by atoms with Gasteiger partial charge in [-0.3, -0.25) is 14.2 Å². The third kappa shape index (κ3) is 4.67. The first-order valence-electron chi connectivity index (χ1n) is 13.5. The van der Waals surface area contributed by atoms with Crippen LogP contribution in [-0.2, 0) is 4.79 Å². The molecule has 6 aromatic rings. The Labute approximate surface area is 233 Å². The van der Waals surface area contributed by atoms with Gasteiger partial charge < -0.3 is 20.2 Å². The predicted octanol–water partition coefficient (Wildman–Crippen LogP) is 4.89. The van der Waals surface area contributed by atoms with Crippen LogP contribution in [-0.4, -0.2) is 66.5 Å². The molecule has 0 aliphatic carbocycles. The average molecular weight is 555 g/mol. The summed E-state index contributed by atoms with van der Waals surface area (Å²) in [6, 6.07) is 10.2. The lowest BCUT2D eigenvalue weighted by Crippen LogP contribution is -2.49. The molecule has 0 atom stereocenters. The number of carbonyl (C=O) groups excluding carboxylic acids is 1. The lowest BCUT2D eigenvalue weighted by molar-refractivity contribution is -0.134. The van der Waals surface area contributed by atoms with Crippen molar-refractivity contribution >= 4 is 27.7 Å². The first kappa shape index (κ1) is 25.2. The highest BCUT2D eigenvalue weighted by Gasteiger charge is 2.30. The second-order valence-electron chi connectivity index (χ2n) is 10.6. The molecular formula is C30H28F2N8O. The minimum absolute atomic E-state index is 0.0993. The molecule has 0 bridgehead atoms. The van der Waals surface area contributed by atoms with E-state index in [1.165, 1.54) is 24.3 Å². The Kier molecular flexibility index (Phi) is 6.15. The molecule has 41 heavy (non-hydrogen) atoms. The number of aromatic nitrogens is 6. The summed E-state index contributed by atoms with van der Waals surface area (Å²) < 4.78 is 30.3. The van der Waals surface area contributed by atoms with Crippen LogP contribution in [0.4, 0.5) is 8.78 Å². The van der Waals surface area contributed by atoms with E-state index in [9.17, 15) is 13.6 Å². The molecule has 208 valence electrons. The molecule has 0 unspecified atom stereocenters. The molecule has 2 fully saturated rings. The predicted molar refractivity (Wildman–Crippen MR) is 152 cm³/mol. The second-order valence-corrected chi connectivity index (χ2v) is 10.6. The highest BCUT2D eigenvalue weighted by Crippen LogP contribution is 2.31. The Morgan fingerprint density at radius 2 is 1.32 bits per heavy atom. The number of fused-ring (bicyclic) bond motifs is 2. The highest BCUT2D eigenvalue weighted by atomic mass is 19.1. The van der Waals surface area contributed by atoms with Crippen LogP contribution in [0.25, 0.3) is 44.1 Å². The molecule has 4 aromatic heterocycles. The Hall–Kier alpha value is -4.77. The number of hydrogen-bond acceptors (Lipinski definition) is 4. The van der Waals surface area contributed by atoms with E-state index in [0.29, 0.717) is 19.1 Å². The van der Waals surface area contributed by atoms with E-state index >= 15 is 0 Å². The summed E-state index contributed by atoms with van der Waals surface area (Å²) in [5.41, 5.74) is 5.70. The third-order valence-corrected chi connectivity index (χ3v) is 7.93. The number of carbonyl (C=O) groups is 1. The van der Waals surface area contributed by atoms with Gasteiger partial charge >= 0.3 is 0 Å². The molecule has 11 heteroatoms. The van der Waals surface area contributed by atoms with Crippen molar-refractivity contribution in [3.63, 3.8) is 0 Å². The molecule has 2 saturated heterocycles. The first-order chi connectivity index (χ1) is 19.9. The minimum atomic E-state index is -0.254. The van der Waals surface area contributed by atoms with Crippen LogP contribution in [0.3, 0.4) is 0 Å². The number of H-pyrrole nitrogens is 2. The maximum absolute atomic E-state index is 13.2. The molecule has 0 saturated carbocycles. The van der Waals surface area contributed by atoms with Crippen molar-refractivity contribution in [3.05, 3.63) is 85.2 Å². The van der Waals surface area contributed by atoms with Crippen molar-refractivity contribution in [1.82, 2.24) is 39.7 Å². The fourth-order valence-corrected chi connectivity index (χ4v) is 5.37. The number of nitrogens with one attached hydrogen (secondary N) is 3. The summed E-state index contributed by atoms with van der Waals surface area (Å²) in [5, 5.41) is 14.0. The van der Waals surface area contributed by atoms with E-state index in [-0.39, 0.29) is 23.6 Å². The topological polar surface area (TPSA) is 99.6 Å². The summed E-state index contributed by atoms with van der Waals surface area (Å²) in [7, 11) is 0. The van der Waals surface area contributed by atoms with Gasteiger partial charge in [-0.2, -0.15) is 10.2 Å². The van der Waals surface area contributed by atoms with E-state index in [1.807, 2.05) is 40.3 Å². The fraction of sp³-hybridized carbons (Fsp3) is 0.233. The van der Waals surface area contributed by atoms with E-state index < -0.39 is 0 Å². The second kappa shape index (κ2) is 10.0. The quantitative estimate of drug-likeness (QED) is 0.289. The van der Waals surface area contributed by atoms with Crippen LogP contribution in [0.15, 0.2) is 73.6 Å². The summed E-state index contributed by atoms with van der Waals surface area (Å²) >= 11 is 0. The fourth-order valence-electron chi connectivity index (χ4n) is 5.37. The number of benzene rings is 2. The molecule has 2 aliphatic heterocycles. The SMILES string of the molecule is CC(=O)N1CC(n2cc(-c3c[nH]c4cc(F)ccc34)cn2)C1.Fc1ccc2c(-c3cnn(C4CNC4)c3)c[nH]c2c1. The average Bonchev–Trinajstić information content (AvgIpc) is 3.68. The van der Waals surface area contributed by atoms with Gasteiger partial charge in [0.25, 0.3) is 0 Å². The van der Waals surface area contributed by atoms with Crippen molar-refractivity contribution < 1.29 is 13.6 Å². The van der Waals surface area contributed by atoms with Gasteiger partial charge in [0.2, 0.25) is 5.91 Å². The van der Waals surface area contributed by atoms with Crippen LogP contribution >= 0.6 is 0 Å². The Balaban J connectivity index is 0.000000136. The van der Waals surface area contributed by atoms with Crippen molar-refractivity contribution in [2.24, 2.45) is 0 Å². The molecule has 3 N–H and O–H groups in total. The monoisotopic (exact) mass is 554 g/mol. The third-order valence-electron chi connectivity index (χ3n) is 7.93. The van der Waals surface area contributed by atoms with Crippen molar-refractivity contribution in [1.29, 1.82) is 0 Å². The van der Waals surface area contributed by atoms with Crippen molar-refractivity contribution in [3.8, 4) is 22.3 Å². The molecule has 2 aliphatic rings. The largest absolute Gasteiger partial charge is 0.360 e. The number of aromatic amines is 2. The number of nitrogens with zero attached hydrogens (tertiary/aromatic N) is 5. The Morgan fingerprint density at radius 1 is 0.805 bits per heavy atom. The summed E-state index contributed by atoms with van der Waals surface area (Å²) in [6.45, 7) is 4.93. The normalized spacial score (nSPS) is 15.5.